The number of fused-ring (bicyclic) bond motifs is 3. The molecule has 0 aromatic heterocycles. The van der Waals surface area contributed by atoms with Crippen LogP contribution < -0.4 is 0 Å². The molecule has 3 fully saturated rings. The van der Waals surface area contributed by atoms with Gasteiger partial charge >= 0.3 is 5.97 Å². The summed E-state index contributed by atoms with van der Waals surface area (Å²) < 4.78 is 5.70. The van der Waals surface area contributed by atoms with Gasteiger partial charge in [-0.25, -0.2) is 0 Å². The molecule has 0 saturated heterocycles. The van der Waals surface area contributed by atoms with E-state index in [9.17, 15) is 9.59 Å². The molecule has 0 aromatic carbocycles. The third-order valence-corrected chi connectivity index (χ3v) is 5.09. The first-order valence-corrected chi connectivity index (χ1v) is 6.88. The average molecular weight is 236 g/mol. The van der Waals surface area contributed by atoms with E-state index in [1.54, 1.807) is 0 Å². The molecule has 0 aromatic rings. The van der Waals surface area contributed by atoms with Gasteiger partial charge in [0.15, 0.2) is 0 Å². The number of hydrogen-bond donors (Lipinski definition) is 0. The van der Waals surface area contributed by atoms with E-state index >= 15 is 0 Å². The Labute approximate surface area is 102 Å². The Bertz CT molecular complexity index is 362. The minimum absolute atomic E-state index is 0.0134. The van der Waals surface area contributed by atoms with Crippen molar-refractivity contribution in [1.82, 2.24) is 0 Å². The molecule has 0 N–H and O–H groups in total. The molecule has 0 bridgehead atoms. The van der Waals surface area contributed by atoms with Gasteiger partial charge in [0, 0.05) is 18.8 Å². The number of carbonyl (C=O) groups excluding carboxylic acids is 2. The number of carbonyl (C=O) groups is 2. The molecule has 0 radical (unpaired) electrons. The number of hydrogen-bond acceptors (Lipinski definition) is 3. The second-order valence-corrected chi connectivity index (χ2v) is 5.89. The molecule has 94 valence electrons. The molecule has 3 heteroatoms. The highest BCUT2D eigenvalue weighted by Gasteiger charge is 2.64. The minimum Gasteiger partial charge on any atom is -0.458 e. The van der Waals surface area contributed by atoms with Crippen molar-refractivity contribution in [2.75, 3.05) is 0 Å². The summed E-state index contributed by atoms with van der Waals surface area (Å²) in [6.07, 6.45) is 7.30. The maximum atomic E-state index is 12.4. The zero-order chi connectivity index (χ0) is 12.0. The lowest BCUT2D eigenvalue weighted by Gasteiger charge is -2.37. The van der Waals surface area contributed by atoms with E-state index in [0.717, 1.165) is 38.5 Å². The van der Waals surface area contributed by atoms with Gasteiger partial charge in [0.25, 0.3) is 0 Å². The summed E-state index contributed by atoms with van der Waals surface area (Å²) in [6.45, 7) is 1.48. The van der Waals surface area contributed by atoms with Crippen LogP contribution in [0, 0.1) is 17.8 Å². The Hall–Kier alpha value is -0.860. The van der Waals surface area contributed by atoms with Crippen molar-refractivity contribution in [1.29, 1.82) is 0 Å². The number of ketones is 1. The number of esters is 1. The van der Waals surface area contributed by atoms with Crippen molar-refractivity contribution >= 4 is 11.8 Å². The minimum atomic E-state index is -0.409. The lowest BCUT2D eigenvalue weighted by Crippen LogP contribution is -2.42. The van der Waals surface area contributed by atoms with Crippen molar-refractivity contribution in [2.24, 2.45) is 17.8 Å². The fourth-order valence-electron chi connectivity index (χ4n) is 4.61. The van der Waals surface area contributed by atoms with Crippen molar-refractivity contribution in [3.63, 3.8) is 0 Å². The fourth-order valence-corrected chi connectivity index (χ4v) is 4.61. The van der Waals surface area contributed by atoms with Crippen LogP contribution in [0.3, 0.4) is 0 Å². The van der Waals surface area contributed by atoms with Gasteiger partial charge in [-0.2, -0.15) is 0 Å². The molecule has 0 aliphatic heterocycles. The lowest BCUT2D eigenvalue weighted by molar-refractivity contribution is -0.166. The standard InChI is InChI=1S/C14H20O3/c1-9(15)17-14-8-4-7-12(14)13(16)10-5-2-3-6-11(10)14/h10-12H,2-8H2,1H3/t10-,11+,12+,14+/m0/s1. The van der Waals surface area contributed by atoms with Crippen molar-refractivity contribution in [3.8, 4) is 0 Å². The summed E-state index contributed by atoms with van der Waals surface area (Å²) >= 11 is 0. The molecule has 3 saturated carbocycles. The summed E-state index contributed by atoms with van der Waals surface area (Å²) in [5.74, 6) is 0.706. The van der Waals surface area contributed by atoms with Crippen LogP contribution in [0.2, 0.25) is 0 Å². The van der Waals surface area contributed by atoms with Gasteiger partial charge in [0.2, 0.25) is 0 Å². The van der Waals surface area contributed by atoms with Gasteiger partial charge in [-0.1, -0.05) is 12.8 Å². The molecule has 3 nitrogen and oxygen atoms in total. The monoisotopic (exact) mass is 236 g/mol. The SMILES string of the molecule is CC(=O)O[C@@]12CCC[C@@H]1C(=O)[C@H]1CCCC[C@H]12. The smallest absolute Gasteiger partial charge is 0.303 e. The van der Waals surface area contributed by atoms with Crippen molar-refractivity contribution < 1.29 is 14.3 Å². The molecule has 0 unspecified atom stereocenters. The second-order valence-electron chi connectivity index (χ2n) is 5.89. The normalized spacial score (nSPS) is 44.3. The predicted octanol–water partition coefficient (Wildman–Crippen LogP) is 2.48. The molecule has 3 rings (SSSR count). The van der Waals surface area contributed by atoms with Gasteiger partial charge in [0.1, 0.15) is 11.4 Å². The summed E-state index contributed by atoms with van der Waals surface area (Å²) in [6, 6.07) is 0. The number of ether oxygens (including phenoxy) is 1. The summed E-state index contributed by atoms with van der Waals surface area (Å²) in [4.78, 5) is 23.8. The van der Waals surface area contributed by atoms with Gasteiger partial charge < -0.3 is 4.74 Å². The summed E-state index contributed by atoms with van der Waals surface area (Å²) in [5, 5.41) is 0. The quantitative estimate of drug-likeness (QED) is 0.657. The van der Waals surface area contributed by atoms with Crippen LogP contribution in [0.5, 0.6) is 0 Å². The summed E-state index contributed by atoms with van der Waals surface area (Å²) in [7, 11) is 0. The maximum absolute atomic E-state index is 12.4. The highest BCUT2D eigenvalue weighted by molar-refractivity contribution is 5.89. The van der Waals surface area contributed by atoms with Gasteiger partial charge in [0.05, 0.1) is 5.92 Å². The molecule has 0 spiro atoms. The Morgan fingerprint density at radius 3 is 2.76 bits per heavy atom. The second kappa shape index (κ2) is 3.82. The third-order valence-electron chi connectivity index (χ3n) is 5.09. The fraction of sp³-hybridized carbons (Fsp3) is 0.857. The van der Waals surface area contributed by atoms with Gasteiger partial charge in [-0.3, -0.25) is 9.59 Å². The van der Waals surface area contributed by atoms with Crippen LogP contribution in [0.25, 0.3) is 0 Å². The van der Waals surface area contributed by atoms with Crippen LogP contribution in [0.4, 0.5) is 0 Å². The number of rotatable bonds is 1. The molecule has 17 heavy (non-hydrogen) atoms. The van der Waals surface area contributed by atoms with Crippen molar-refractivity contribution in [3.05, 3.63) is 0 Å². The van der Waals surface area contributed by atoms with Crippen molar-refractivity contribution in [2.45, 2.75) is 57.5 Å². The van der Waals surface area contributed by atoms with Crippen LogP contribution in [0.1, 0.15) is 51.9 Å². The highest BCUT2D eigenvalue weighted by Crippen LogP contribution is 2.58. The summed E-state index contributed by atoms with van der Waals surface area (Å²) in [5.41, 5.74) is -0.409. The van der Waals surface area contributed by atoms with Crippen LogP contribution in [-0.2, 0) is 14.3 Å². The van der Waals surface area contributed by atoms with E-state index in [2.05, 4.69) is 0 Å². The molecule has 0 heterocycles. The molecule has 3 aliphatic rings. The first-order valence-electron chi connectivity index (χ1n) is 6.88. The topological polar surface area (TPSA) is 43.4 Å². The molecule has 4 atom stereocenters. The van der Waals surface area contributed by atoms with E-state index in [-0.39, 0.29) is 17.8 Å². The lowest BCUT2D eigenvalue weighted by atomic mass is 9.75. The molecular formula is C14H20O3. The van der Waals surface area contributed by atoms with E-state index in [1.807, 2.05) is 0 Å². The van der Waals surface area contributed by atoms with E-state index in [4.69, 9.17) is 4.74 Å². The first kappa shape index (κ1) is 11.2. The Morgan fingerprint density at radius 1 is 1.24 bits per heavy atom. The molecular weight excluding hydrogens is 216 g/mol. The Morgan fingerprint density at radius 2 is 2.00 bits per heavy atom. The highest BCUT2D eigenvalue weighted by atomic mass is 16.6. The molecule has 0 amide bonds. The average Bonchev–Trinajstić information content (AvgIpc) is 2.79. The van der Waals surface area contributed by atoms with Crippen LogP contribution in [0.15, 0.2) is 0 Å². The zero-order valence-electron chi connectivity index (χ0n) is 10.4. The van der Waals surface area contributed by atoms with E-state index < -0.39 is 5.60 Å². The van der Waals surface area contributed by atoms with Crippen LogP contribution >= 0.6 is 0 Å². The third kappa shape index (κ3) is 1.47. The van der Waals surface area contributed by atoms with Crippen LogP contribution in [-0.4, -0.2) is 17.4 Å². The van der Waals surface area contributed by atoms with E-state index in [1.165, 1.54) is 13.3 Å². The number of Topliss-reactive ketones (excluding diaryl/α,β-unsaturated/α-hetero) is 1. The van der Waals surface area contributed by atoms with Gasteiger partial charge in [-0.05, 0) is 32.1 Å². The van der Waals surface area contributed by atoms with E-state index in [0.29, 0.717) is 11.7 Å². The zero-order valence-corrected chi connectivity index (χ0v) is 10.4. The first-order chi connectivity index (χ1) is 8.15. The predicted molar refractivity (Wildman–Crippen MR) is 62.3 cm³/mol. The Kier molecular flexibility index (Phi) is 2.53. The largest absolute Gasteiger partial charge is 0.458 e. The van der Waals surface area contributed by atoms with Gasteiger partial charge in [-0.15, -0.1) is 0 Å². The molecule has 3 aliphatic carbocycles. The maximum Gasteiger partial charge on any atom is 0.303 e. The Balaban J connectivity index is 1.97.